The Bertz CT molecular complexity index is 326. The van der Waals surface area contributed by atoms with Crippen molar-refractivity contribution in [1.29, 1.82) is 0 Å². The van der Waals surface area contributed by atoms with Crippen LogP contribution in [0.3, 0.4) is 0 Å². The first-order chi connectivity index (χ1) is 8.15. The molecule has 0 aliphatic heterocycles. The summed E-state index contributed by atoms with van der Waals surface area (Å²) in [5.41, 5.74) is 0.381. The van der Waals surface area contributed by atoms with Crippen molar-refractivity contribution in [3.8, 4) is 5.75 Å². The molecule has 1 aromatic carbocycles. The maximum absolute atomic E-state index is 5.80. The highest BCUT2D eigenvalue weighted by molar-refractivity contribution is 9.10. The zero-order valence-corrected chi connectivity index (χ0v) is 13.7. The van der Waals surface area contributed by atoms with Gasteiger partial charge in [-0.25, -0.2) is 0 Å². The Morgan fingerprint density at radius 1 is 1.24 bits per heavy atom. The summed E-state index contributed by atoms with van der Waals surface area (Å²) in [5.74, 6) is 0.940. The van der Waals surface area contributed by atoms with Gasteiger partial charge in [0.05, 0.1) is 6.61 Å². The van der Waals surface area contributed by atoms with Gasteiger partial charge in [0.25, 0.3) is 0 Å². The maximum atomic E-state index is 5.80. The summed E-state index contributed by atoms with van der Waals surface area (Å²) >= 11 is 7.08. The topological polar surface area (TPSA) is 9.23 Å². The summed E-state index contributed by atoms with van der Waals surface area (Å²) in [6, 6.07) is 8.01. The molecule has 0 heterocycles. The van der Waals surface area contributed by atoms with E-state index in [0.717, 1.165) is 28.6 Å². The minimum atomic E-state index is 0.381. The molecule has 0 saturated carbocycles. The first kappa shape index (κ1) is 15.0. The summed E-state index contributed by atoms with van der Waals surface area (Å²) in [4.78, 5) is 0. The van der Waals surface area contributed by atoms with Gasteiger partial charge >= 0.3 is 0 Å². The van der Waals surface area contributed by atoms with Gasteiger partial charge in [-0.05, 0) is 42.9 Å². The molecule has 96 valence electrons. The SMILES string of the molecule is CCC(CC)(CBr)CCOc1cccc(Br)c1. The first-order valence-corrected chi connectivity index (χ1v) is 8.01. The number of ether oxygens (including phenoxy) is 1. The Balaban J connectivity index is 2.46. The van der Waals surface area contributed by atoms with Crippen LogP contribution in [-0.2, 0) is 0 Å². The zero-order valence-electron chi connectivity index (χ0n) is 10.5. The average Bonchev–Trinajstić information content (AvgIpc) is 2.35. The molecule has 3 heteroatoms. The van der Waals surface area contributed by atoms with E-state index in [1.807, 2.05) is 24.3 Å². The molecule has 0 spiro atoms. The minimum absolute atomic E-state index is 0.381. The molecule has 0 unspecified atom stereocenters. The summed E-state index contributed by atoms with van der Waals surface area (Å²) in [6.07, 6.45) is 3.48. The lowest BCUT2D eigenvalue weighted by Gasteiger charge is -2.29. The fourth-order valence-electron chi connectivity index (χ4n) is 1.80. The Hall–Kier alpha value is -0.0200. The molecule has 0 saturated heterocycles. The molecule has 0 aliphatic carbocycles. The molecule has 0 aliphatic rings. The van der Waals surface area contributed by atoms with E-state index in [1.54, 1.807) is 0 Å². The zero-order chi connectivity index (χ0) is 12.7. The fraction of sp³-hybridized carbons (Fsp3) is 0.571. The predicted octanol–water partition coefficient (Wildman–Crippen LogP) is 5.42. The van der Waals surface area contributed by atoms with Gasteiger partial charge in [-0.3, -0.25) is 0 Å². The van der Waals surface area contributed by atoms with Crippen LogP contribution in [0.25, 0.3) is 0 Å². The fourth-order valence-corrected chi connectivity index (χ4v) is 3.25. The van der Waals surface area contributed by atoms with E-state index in [2.05, 4.69) is 45.7 Å². The summed E-state index contributed by atoms with van der Waals surface area (Å²) in [6.45, 7) is 5.29. The molecule has 1 nitrogen and oxygen atoms in total. The lowest BCUT2D eigenvalue weighted by Crippen LogP contribution is -2.23. The predicted molar refractivity (Wildman–Crippen MR) is 81.1 cm³/mol. The Labute approximate surface area is 121 Å². The molecular weight excluding hydrogens is 344 g/mol. The molecule has 1 rings (SSSR count). The van der Waals surface area contributed by atoms with Crippen molar-refractivity contribution < 1.29 is 4.74 Å². The molecule has 17 heavy (non-hydrogen) atoms. The number of hydrogen-bond acceptors (Lipinski definition) is 1. The second-order valence-corrected chi connectivity index (χ2v) is 5.87. The van der Waals surface area contributed by atoms with Gasteiger partial charge in [-0.1, -0.05) is 51.8 Å². The van der Waals surface area contributed by atoms with Gasteiger partial charge in [0.2, 0.25) is 0 Å². The van der Waals surface area contributed by atoms with E-state index in [4.69, 9.17) is 4.74 Å². The second kappa shape index (κ2) is 7.42. The lowest BCUT2D eigenvalue weighted by atomic mass is 9.82. The van der Waals surface area contributed by atoms with Crippen molar-refractivity contribution in [2.24, 2.45) is 5.41 Å². The number of alkyl halides is 1. The van der Waals surface area contributed by atoms with Crippen LogP contribution in [0.1, 0.15) is 33.1 Å². The number of benzene rings is 1. The Kier molecular flexibility index (Phi) is 6.57. The van der Waals surface area contributed by atoms with Crippen LogP contribution in [0.4, 0.5) is 0 Å². The third kappa shape index (κ3) is 4.63. The van der Waals surface area contributed by atoms with Crippen LogP contribution in [0, 0.1) is 5.41 Å². The van der Waals surface area contributed by atoms with Gasteiger partial charge in [-0.2, -0.15) is 0 Å². The number of rotatable bonds is 7. The smallest absolute Gasteiger partial charge is 0.120 e. The van der Waals surface area contributed by atoms with Gasteiger partial charge in [0.15, 0.2) is 0 Å². The molecule has 0 amide bonds. The molecule has 0 N–H and O–H groups in total. The third-order valence-electron chi connectivity index (χ3n) is 3.48. The van der Waals surface area contributed by atoms with Crippen LogP contribution in [0.15, 0.2) is 28.7 Å². The summed E-state index contributed by atoms with van der Waals surface area (Å²) < 4.78 is 6.86. The van der Waals surface area contributed by atoms with Gasteiger partial charge in [0, 0.05) is 9.80 Å². The third-order valence-corrected chi connectivity index (χ3v) is 5.16. The van der Waals surface area contributed by atoms with E-state index >= 15 is 0 Å². The largest absolute Gasteiger partial charge is 0.494 e. The first-order valence-electron chi connectivity index (χ1n) is 6.10. The monoisotopic (exact) mass is 362 g/mol. The van der Waals surface area contributed by atoms with Crippen molar-refractivity contribution in [3.05, 3.63) is 28.7 Å². The van der Waals surface area contributed by atoms with E-state index in [9.17, 15) is 0 Å². The standard InChI is InChI=1S/C14H20Br2O/c1-3-14(4-2,11-15)8-9-17-13-7-5-6-12(16)10-13/h5-7,10H,3-4,8-9,11H2,1-2H3. The molecule has 0 atom stereocenters. The van der Waals surface area contributed by atoms with Crippen molar-refractivity contribution in [2.45, 2.75) is 33.1 Å². The quantitative estimate of drug-likeness (QED) is 0.587. The normalized spacial score (nSPS) is 11.5. The molecule has 0 fully saturated rings. The molecule has 0 bridgehead atoms. The highest BCUT2D eigenvalue weighted by Crippen LogP contribution is 2.32. The van der Waals surface area contributed by atoms with E-state index in [0.29, 0.717) is 5.41 Å². The highest BCUT2D eigenvalue weighted by atomic mass is 79.9. The van der Waals surface area contributed by atoms with Crippen LogP contribution in [-0.4, -0.2) is 11.9 Å². The van der Waals surface area contributed by atoms with Gasteiger partial charge < -0.3 is 4.74 Å². The Morgan fingerprint density at radius 3 is 2.47 bits per heavy atom. The summed E-state index contributed by atoms with van der Waals surface area (Å²) in [5, 5.41) is 1.05. The lowest BCUT2D eigenvalue weighted by molar-refractivity contribution is 0.205. The van der Waals surface area contributed by atoms with E-state index < -0.39 is 0 Å². The molecule has 0 radical (unpaired) electrons. The second-order valence-electron chi connectivity index (χ2n) is 4.40. The van der Waals surface area contributed by atoms with Gasteiger partial charge in [0.1, 0.15) is 5.75 Å². The number of halogens is 2. The van der Waals surface area contributed by atoms with Crippen molar-refractivity contribution >= 4 is 31.9 Å². The van der Waals surface area contributed by atoms with E-state index in [-0.39, 0.29) is 0 Å². The van der Waals surface area contributed by atoms with Crippen molar-refractivity contribution in [3.63, 3.8) is 0 Å². The maximum Gasteiger partial charge on any atom is 0.120 e. The molecular formula is C14H20Br2O. The van der Waals surface area contributed by atoms with Crippen LogP contribution in [0.2, 0.25) is 0 Å². The molecule has 1 aromatic rings. The Morgan fingerprint density at radius 2 is 1.94 bits per heavy atom. The van der Waals surface area contributed by atoms with Crippen molar-refractivity contribution in [2.75, 3.05) is 11.9 Å². The van der Waals surface area contributed by atoms with Crippen LogP contribution >= 0.6 is 31.9 Å². The number of hydrogen-bond donors (Lipinski definition) is 0. The van der Waals surface area contributed by atoms with Crippen molar-refractivity contribution in [1.82, 2.24) is 0 Å². The van der Waals surface area contributed by atoms with Crippen LogP contribution in [0.5, 0.6) is 5.75 Å². The highest BCUT2D eigenvalue weighted by Gasteiger charge is 2.24. The molecule has 0 aromatic heterocycles. The minimum Gasteiger partial charge on any atom is -0.494 e. The van der Waals surface area contributed by atoms with Gasteiger partial charge in [-0.15, -0.1) is 0 Å². The average molecular weight is 364 g/mol. The summed E-state index contributed by atoms with van der Waals surface area (Å²) in [7, 11) is 0. The van der Waals surface area contributed by atoms with Crippen LogP contribution < -0.4 is 4.74 Å². The van der Waals surface area contributed by atoms with E-state index in [1.165, 1.54) is 12.8 Å².